The van der Waals surface area contributed by atoms with Crippen LogP contribution in [0.3, 0.4) is 0 Å². The lowest BCUT2D eigenvalue weighted by atomic mass is 9.78. The van der Waals surface area contributed by atoms with Gasteiger partial charge in [-0.05, 0) is 37.3 Å². The van der Waals surface area contributed by atoms with Crippen molar-refractivity contribution in [3.63, 3.8) is 0 Å². The van der Waals surface area contributed by atoms with Crippen molar-refractivity contribution in [2.45, 2.75) is 41.0 Å². The summed E-state index contributed by atoms with van der Waals surface area (Å²) in [4.78, 5) is 17.3. The number of carbonyl (C=O) groups excluding carboxylic acids is 1. The highest BCUT2D eigenvalue weighted by molar-refractivity contribution is 5.97. The van der Waals surface area contributed by atoms with Gasteiger partial charge in [-0.1, -0.05) is 20.8 Å². The maximum absolute atomic E-state index is 12.8. The van der Waals surface area contributed by atoms with Crippen molar-refractivity contribution in [2.24, 2.45) is 11.3 Å². The summed E-state index contributed by atoms with van der Waals surface area (Å²) < 4.78 is 7.38. The minimum Gasteiger partial charge on any atom is -0.490 e. The van der Waals surface area contributed by atoms with Gasteiger partial charge < -0.3 is 9.84 Å². The van der Waals surface area contributed by atoms with Gasteiger partial charge in [-0.25, -0.2) is 4.98 Å². The van der Waals surface area contributed by atoms with Crippen LogP contribution in [0.25, 0.3) is 5.65 Å². The van der Waals surface area contributed by atoms with Crippen LogP contribution < -0.4 is 4.74 Å². The number of fused-ring (bicyclic) bond motifs is 1. The predicted molar refractivity (Wildman–Crippen MR) is 97.3 cm³/mol. The average Bonchev–Trinajstić information content (AvgIpc) is 2.80. The standard InChI is InChI=1S/C18H26N2O3.ClH/c1-6-23-15-8-7-9-20-16(12(2)19-17(15)20)14(22)10-13(11-21)18(3,4)5;/h7-9,13,21H,6,10-11H2,1-5H3;1H/t13-;/m0./s1. The van der Waals surface area contributed by atoms with Crippen LogP contribution in [0.2, 0.25) is 0 Å². The number of aliphatic hydroxyl groups is 1. The zero-order valence-corrected chi connectivity index (χ0v) is 15.8. The Morgan fingerprint density at radius 2 is 2.08 bits per heavy atom. The van der Waals surface area contributed by atoms with Gasteiger partial charge in [0.05, 0.1) is 12.3 Å². The number of carbonyl (C=O) groups is 1. The fourth-order valence-corrected chi connectivity index (χ4v) is 2.73. The summed E-state index contributed by atoms with van der Waals surface area (Å²) in [6.07, 6.45) is 2.13. The van der Waals surface area contributed by atoms with Crippen LogP contribution in [0.15, 0.2) is 18.3 Å². The van der Waals surface area contributed by atoms with Crippen molar-refractivity contribution < 1.29 is 14.6 Å². The fraction of sp³-hybridized carbons (Fsp3) is 0.556. The number of nitrogens with zero attached hydrogens (tertiary/aromatic N) is 2. The molecule has 0 aromatic carbocycles. The first-order chi connectivity index (χ1) is 10.8. The number of hydrogen-bond acceptors (Lipinski definition) is 4. The minimum atomic E-state index is -0.130. The Bertz CT molecular complexity index is 704. The molecular formula is C18H27ClN2O3. The molecule has 6 heteroatoms. The van der Waals surface area contributed by atoms with Gasteiger partial charge in [0.15, 0.2) is 17.2 Å². The molecule has 0 fully saturated rings. The Kier molecular flexibility index (Phi) is 6.81. The molecule has 2 rings (SSSR count). The molecule has 0 saturated carbocycles. The molecule has 0 amide bonds. The molecule has 0 aliphatic carbocycles. The highest BCUT2D eigenvalue weighted by Gasteiger charge is 2.29. The maximum atomic E-state index is 12.8. The molecule has 2 heterocycles. The lowest BCUT2D eigenvalue weighted by Gasteiger charge is -2.28. The molecule has 0 aliphatic rings. The number of ketones is 1. The highest BCUT2D eigenvalue weighted by Crippen LogP contribution is 2.30. The summed E-state index contributed by atoms with van der Waals surface area (Å²) in [5.74, 6) is 0.583. The van der Waals surface area contributed by atoms with Gasteiger partial charge in [0.1, 0.15) is 5.69 Å². The Labute approximate surface area is 149 Å². The number of rotatable bonds is 6. The largest absolute Gasteiger partial charge is 0.490 e. The summed E-state index contributed by atoms with van der Waals surface area (Å²) in [5, 5.41) is 9.61. The number of imidazole rings is 1. The van der Waals surface area contributed by atoms with Crippen LogP contribution in [0.5, 0.6) is 5.75 Å². The van der Waals surface area contributed by atoms with Crippen LogP contribution in [0, 0.1) is 18.3 Å². The predicted octanol–water partition coefficient (Wildman–Crippen LogP) is 3.69. The molecule has 0 unspecified atom stereocenters. The number of halogens is 1. The van der Waals surface area contributed by atoms with Crippen LogP contribution >= 0.6 is 12.4 Å². The zero-order chi connectivity index (χ0) is 17.2. The van der Waals surface area contributed by atoms with E-state index in [1.54, 1.807) is 4.40 Å². The summed E-state index contributed by atoms with van der Waals surface area (Å²) in [5.41, 5.74) is 1.79. The van der Waals surface area contributed by atoms with Gasteiger partial charge in [-0.3, -0.25) is 9.20 Å². The molecule has 2 aromatic heterocycles. The first-order valence-corrected chi connectivity index (χ1v) is 8.04. The van der Waals surface area contributed by atoms with Gasteiger partial charge in [0, 0.05) is 19.2 Å². The highest BCUT2D eigenvalue weighted by atomic mass is 35.5. The SMILES string of the molecule is CCOc1cccn2c(C(=O)C[C@@H](CO)C(C)(C)C)c(C)nc12.Cl. The normalized spacial score (nSPS) is 12.8. The van der Waals surface area contributed by atoms with Crippen LogP contribution in [0.1, 0.15) is 50.3 Å². The van der Waals surface area contributed by atoms with Gasteiger partial charge in [-0.15, -0.1) is 12.4 Å². The molecule has 0 radical (unpaired) electrons. The molecule has 0 saturated heterocycles. The van der Waals surface area contributed by atoms with Crippen molar-refractivity contribution in [1.29, 1.82) is 0 Å². The van der Waals surface area contributed by atoms with Crippen molar-refractivity contribution in [3.05, 3.63) is 29.7 Å². The monoisotopic (exact) mass is 354 g/mol. The van der Waals surface area contributed by atoms with E-state index in [1.165, 1.54) is 0 Å². The molecule has 134 valence electrons. The molecule has 5 nitrogen and oxygen atoms in total. The van der Waals surface area contributed by atoms with Gasteiger partial charge >= 0.3 is 0 Å². The third kappa shape index (κ3) is 4.08. The topological polar surface area (TPSA) is 63.8 Å². The second-order valence-electron chi connectivity index (χ2n) is 6.92. The van der Waals surface area contributed by atoms with Crippen LogP contribution in [-0.2, 0) is 0 Å². The van der Waals surface area contributed by atoms with E-state index in [1.807, 2.05) is 52.9 Å². The Morgan fingerprint density at radius 3 is 2.62 bits per heavy atom. The fourth-order valence-electron chi connectivity index (χ4n) is 2.73. The van der Waals surface area contributed by atoms with E-state index in [4.69, 9.17) is 4.74 Å². The minimum absolute atomic E-state index is 0. The van der Waals surface area contributed by atoms with E-state index in [2.05, 4.69) is 4.98 Å². The summed E-state index contributed by atoms with van der Waals surface area (Å²) in [6, 6.07) is 3.70. The first kappa shape index (κ1) is 20.5. The Morgan fingerprint density at radius 1 is 1.42 bits per heavy atom. The smallest absolute Gasteiger partial charge is 0.181 e. The molecule has 0 aliphatic heterocycles. The van der Waals surface area contributed by atoms with E-state index in [9.17, 15) is 9.90 Å². The number of hydrogen-bond donors (Lipinski definition) is 1. The van der Waals surface area contributed by atoms with E-state index in [0.717, 1.165) is 0 Å². The molecule has 2 aromatic rings. The van der Waals surface area contributed by atoms with Crippen molar-refractivity contribution >= 4 is 23.8 Å². The number of aliphatic hydroxyl groups excluding tert-OH is 1. The second-order valence-corrected chi connectivity index (χ2v) is 6.92. The van der Waals surface area contributed by atoms with Crippen LogP contribution in [-0.4, -0.2) is 33.5 Å². The Balaban J connectivity index is 0.00000288. The number of ether oxygens (including phenoxy) is 1. The van der Waals surface area contributed by atoms with Crippen molar-refractivity contribution in [3.8, 4) is 5.75 Å². The number of Topliss-reactive ketones (excluding diaryl/α,β-unsaturated/α-hetero) is 1. The van der Waals surface area contributed by atoms with E-state index < -0.39 is 0 Å². The van der Waals surface area contributed by atoms with Crippen molar-refractivity contribution in [1.82, 2.24) is 9.38 Å². The van der Waals surface area contributed by atoms with Crippen molar-refractivity contribution in [2.75, 3.05) is 13.2 Å². The molecule has 0 spiro atoms. The summed E-state index contributed by atoms with van der Waals surface area (Å²) in [7, 11) is 0. The summed E-state index contributed by atoms with van der Waals surface area (Å²) >= 11 is 0. The molecule has 1 atom stereocenters. The third-order valence-electron chi connectivity index (χ3n) is 4.23. The average molecular weight is 355 g/mol. The zero-order valence-electron chi connectivity index (χ0n) is 15.0. The molecular weight excluding hydrogens is 328 g/mol. The molecule has 1 N–H and O–H groups in total. The number of pyridine rings is 1. The Hall–Kier alpha value is -1.59. The lowest BCUT2D eigenvalue weighted by molar-refractivity contribution is 0.0812. The third-order valence-corrected chi connectivity index (χ3v) is 4.23. The maximum Gasteiger partial charge on any atom is 0.181 e. The van der Waals surface area contributed by atoms with E-state index in [0.29, 0.717) is 35.8 Å². The number of aromatic nitrogens is 2. The summed E-state index contributed by atoms with van der Waals surface area (Å²) in [6.45, 7) is 10.4. The lowest BCUT2D eigenvalue weighted by Crippen LogP contribution is -2.27. The molecule has 0 bridgehead atoms. The van der Waals surface area contributed by atoms with E-state index in [-0.39, 0.29) is 36.1 Å². The second kappa shape index (κ2) is 7.99. The number of aryl methyl sites for hydroxylation is 1. The van der Waals surface area contributed by atoms with Crippen LogP contribution in [0.4, 0.5) is 0 Å². The quantitative estimate of drug-likeness (QED) is 0.803. The van der Waals surface area contributed by atoms with E-state index >= 15 is 0 Å². The van der Waals surface area contributed by atoms with Gasteiger partial charge in [-0.2, -0.15) is 0 Å². The van der Waals surface area contributed by atoms with Gasteiger partial charge in [0.2, 0.25) is 0 Å². The van der Waals surface area contributed by atoms with Gasteiger partial charge in [0.25, 0.3) is 0 Å². The first-order valence-electron chi connectivity index (χ1n) is 8.04. The molecule has 24 heavy (non-hydrogen) atoms.